The molecule has 6 heteroatoms. The van der Waals surface area contributed by atoms with Crippen LogP contribution in [0.1, 0.15) is 12.8 Å². The summed E-state index contributed by atoms with van der Waals surface area (Å²) in [5.74, 6) is -3.82. The van der Waals surface area contributed by atoms with Gasteiger partial charge in [0.2, 0.25) is 5.91 Å². The molecule has 1 fully saturated rings. The maximum absolute atomic E-state index is 13.1. The number of para-hydroxylation sites is 1. The second-order valence-corrected chi connectivity index (χ2v) is 6.31. The van der Waals surface area contributed by atoms with Gasteiger partial charge in [-0.2, -0.15) is 0 Å². The van der Waals surface area contributed by atoms with Crippen molar-refractivity contribution in [3.63, 3.8) is 0 Å². The molecule has 1 aromatic carbocycles. The van der Waals surface area contributed by atoms with E-state index in [0.29, 0.717) is 12.1 Å². The van der Waals surface area contributed by atoms with Crippen LogP contribution in [0.25, 0.3) is 0 Å². The van der Waals surface area contributed by atoms with Crippen LogP contribution in [0.5, 0.6) is 0 Å². The fourth-order valence-corrected chi connectivity index (χ4v) is 3.86. The van der Waals surface area contributed by atoms with Crippen LogP contribution in [0.2, 0.25) is 0 Å². The highest BCUT2D eigenvalue weighted by atomic mass is 16.4. The maximum atomic E-state index is 13.1. The van der Waals surface area contributed by atoms with E-state index in [-0.39, 0.29) is 30.7 Å². The Labute approximate surface area is 139 Å². The van der Waals surface area contributed by atoms with Crippen molar-refractivity contribution >= 4 is 23.5 Å². The number of aliphatic carboxylic acids is 2. The second kappa shape index (κ2) is 6.47. The first-order valence-corrected chi connectivity index (χ1v) is 7.98. The summed E-state index contributed by atoms with van der Waals surface area (Å²) in [6, 6.07) is 8.82. The van der Waals surface area contributed by atoms with Crippen molar-refractivity contribution in [1.82, 2.24) is 0 Å². The number of carboxylic acid groups (broad SMARTS) is 2. The minimum absolute atomic E-state index is 0.0299. The fourth-order valence-electron chi connectivity index (χ4n) is 3.86. The van der Waals surface area contributed by atoms with Gasteiger partial charge in [0, 0.05) is 12.2 Å². The Morgan fingerprint density at radius 1 is 1.00 bits per heavy atom. The molecule has 0 spiro atoms. The monoisotopic (exact) mass is 329 g/mol. The molecule has 4 atom stereocenters. The van der Waals surface area contributed by atoms with Crippen LogP contribution in [-0.2, 0) is 14.4 Å². The van der Waals surface area contributed by atoms with Crippen LogP contribution in [-0.4, -0.2) is 34.6 Å². The lowest BCUT2D eigenvalue weighted by atomic mass is 9.82. The van der Waals surface area contributed by atoms with Crippen LogP contribution in [0, 0.1) is 23.7 Å². The van der Waals surface area contributed by atoms with Crippen molar-refractivity contribution in [1.29, 1.82) is 0 Å². The molecule has 0 aromatic heterocycles. The third-order valence-corrected chi connectivity index (χ3v) is 4.91. The van der Waals surface area contributed by atoms with Gasteiger partial charge in [-0.15, -0.1) is 0 Å². The smallest absolute Gasteiger partial charge is 0.307 e. The van der Waals surface area contributed by atoms with Gasteiger partial charge in [0.05, 0.1) is 18.3 Å². The third-order valence-electron chi connectivity index (χ3n) is 4.91. The largest absolute Gasteiger partial charge is 0.481 e. The Balaban J connectivity index is 1.89. The van der Waals surface area contributed by atoms with E-state index in [4.69, 9.17) is 5.11 Å². The zero-order valence-corrected chi connectivity index (χ0v) is 13.0. The summed E-state index contributed by atoms with van der Waals surface area (Å²) in [6.45, 7) is 0.0299. The van der Waals surface area contributed by atoms with Gasteiger partial charge >= 0.3 is 11.9 Å². The second-order valence-electron chi connectivity index (χ2n) is 6.31. The number of anilines is 1. The molecule has 1 aromatic rings. The number of benzene rings is 1. The number of hydrogen-bond acceptors (Lipinski definition) is 3. The summed E-state index contributed by atoms with van der Waals surface area (Å²) < 4.78 is 0. The summed E-state index contributed by atoms with van der Waals surface area (Å²) in [4.78, 5) is 37.1. The van der Waals surface area contributed by atoms with E-state index < -0.39 is 23.8 Å². The first-order chi connectivity index (χ1) is 11.5. The first kappa shape index (κ1) is 16.2. The van der Waals surface area contributed by atoms with Crippen molar-refractivity contribution in [2.45, 2.75) is 12.8 Å². The number of hydrogen-bond donors (Lipinski definition) is 2. The molecule has 0 aliphatic heterocycles. The molecular weight excluding hydrogens is 310 g/mol. The molecule has 1 saturated carbocycles. The Morgan fingerprint density at radius 3 is 2.21 bits per heavy atom. The van der Waals surface area contributed by atoms with E-state index >= 15 is 0 Å². The zero-order valence-electron chi connectivity index (χ0n) is 13.0. The molecule has 0 heterocycles. The molecule has 2 aliphatic rings. The molecule has 0 saturated heterocycles. The third kappa shape index (κ3) is 2.91. The first-order valence-electron chi connectivity index (χ1n) is 7.98. The Kier molecular flexibility index (Phi) is 4.38. The summed E-state index contributed by atoms with van der Waals surface area (Å²) in [5.41, 5.74) is 0.597. The molecule has 24 heavy (non-hydrogen) atoms. The van der Waals surface area contributed by atoms with Crippen molar-refractivity contribution in [2.75, 3.05) is 11.4 Å². The molecule has 2 N–H and O–H groups in total. The lowest BCUT2D eigenvalue weighted by Gasteiger charge is -2.30. The standard InChI is InChI=1S/C18H19NO5/c20-14(21)8-9-19(13-4-2-1-3-5-13)17(22)15-11-6-7-12(10-11)16(15)18(23)24/h1-7,11-12,15-16H,8-10H2,(H,20,21)(H,23,24)/t11-,12-,15-,16-/m0/s1. The van der Waals surface area contributed by atoms with Gasteiger partial charge in [0.15, 0.2) is 0 Å². The normalized spacial score (nSPS) is 27.2. The molecule has 2 bridgehead atoms. The van der Waals surface area contributed by atoms with E-state index in [9.17, 15) is 19.5 Å². The van der Waals surface area contributed by atoms with E-state index in [1.807, 2.05) is 18.2 Å². The van der Waals surface area contributed by atoms with Crippen LogP contribution in [0.3, 0.4) is 0 Å². The minimum atomic E-state index is -0.994. The number of carboxylic acids is 2. The highest BCUT2D eigenvalue weighted by molar-refractivity contribution is 5.98. The highest BCUT2D eigenvalue weighted by Gasteiger charge is 2.52. The molecule has 0 unspecified atom stereocenters. The van der Waals surface area contributed by atoms with Crippen molar-refractivity contribution < 1.29 is 24.6 Å². The quantitative estimate of drug-likeness (QED) is 0.779. The summed E-state index contributed by atoms with van der Waals surface area (Å²) >= 11 is 0. The minimum Gasteiger partial charge on any atom is -0.481 e. The van der Waals surface area contributed by atoms with Gasteiger partial charge in [-0.25, -0.2) is 0 Å². The number of nitrogens with zero attached hydrogens (tertiary/aromatic N) is 1. The molecule has 1 amide bonds. The van der Waals surface area contributed by atoms with Crippen LogP contribution in [0.15, 0.2) is 42.5 Å². The average Bonchev–Trinajstić information content (AvgIpc) is 3.16. The topological polar surface area (TPSA) is 94.9 Å². The van der Waals surface area contributed by atoms with E-state index in [1.54, 1.807) is 24.3 Å². The summed E-state index contributed by atoms with van der Waals surface area (Å²) in [7, 11) is 0. The van der Waals surface area contributed by atoms with E-state index in [1.165, 1.54) is 4.90 Å². The van der Waals surface area contributed by atoms with Crippen LogP contribution >= 0.6 is 0 Å². The predicted molar refractivity (Wildman–Crippen MR) is 86.4 cm³/mol. The number of fused-ring (bicyclic) bond motifs is 2. The molecule has 0 radical (unpaired) electrons. The van der Waals surface area contributed by atoms with Crippen LogP contribution in [0.4, 0.5) is 5.69 Å². The van der Waals surface area contributed by atoms with E-state index in [0.717, 1.165) is 0 Å². The van der Waals surface area contributed by atoms with Gasteiger partial charge in [-0.1, -0.05) is 30.4 Å². The number of amides is 1. The number of rotatable bonds is 6. The summed E-state index contributed by atoms with van der Waals surface area (Å²) in [5, 5.41) is 18.5. The SMILES string of the molecule is O=C(O)CCN(C(=O)[C@@H]1[C@@H](C(=O)O)[C@H]2C=C[C@H]1C2)c1ccccc1. The summed E-state index contributed by atoms with van der Waals surface area (Å²) in [6.07, 6.45) is 4.30. The Hall–Kier alpha value is -2.63. The van der Waals surface area contributed by atoms with Gasteiger partial charge in [-0.05, 0) is 30.4 Å². The molecule has 3 rings (SSSR count). The van der Waals surface area contributed by atoms with Gasteiger partial charge in [0.25, 0.3) is 0 Å². The van der Waals surface area contributed by atoms with Gasteiger partial charge in [-0.3, -0.25) is 14.4 Å². The Morgan fingerprint density at radius 2 is 1.62 bits per heavy atom. The Bertz CT molecular complexity index is 684. The number of carbonyl (C=O) groups excluding carboxylic acids is 1. The lowest BCUT2D eigenvalue weighted by molar-refractivity contribution is -0.147. The van der Waals surface area contributed by atoms with Crippen molar-refractivity contribution in [3.8, 4) is 0 Å². The van der Waals surface area contributed by atoms with Crippen molar-refractivity contribution in [2.24, 2.45) is 23.7 Å². The lowest BCUT2D eigenvalue weighted by Crippen LogP contribution is -2.44. The number of carbonyl (C=O) groups is 3. The predicted octanol–water partition coefficient (Wildman–Crippen LogP) is 2.02. The van der Waals surface area contributed by atoms with Crippen molar-refractivity contribution in [3.05, 3.63) is 42.5 Å². The fraction of sp³-hybridized carbons (Fsp3) is 0.389. The molecule has 6 nitrogen and oxygen atoms in total. The average molecular weight is 329 g/mol. The highest BCUT2D eigenvalue weighted by Crippen LogP contribution is 2.49. The molecular formula is C18H19NO5. The molecule has 2 aliphatic carbocycles. The number of allylic oxidation sites excluding steroid dienone is 2. The van der Waals surface area contributed by atoms with Gasteiger partial charge in [0.1, 0.15) is 0 Å². The zero-order chi connectivity index (χ0) is 17.3. The maximum Gasteiger partial charge on any atom is 0.307 e. The molecule has 126 valence electrons. The van der Waals surface area contributed by atoms with E-state index in [2.05, 4.69) is 0 Å². The van der Waals surface area contributed by atoms with Gasteiger partial charge < -0.3 is 15.1 Å². The van der Waals surface area contributed by atoms with Crippen LogP contribution < -0.4 is 4.90 Å².